The molecule has 0 radical (unpaired) electrons. The molecule has 1 amide bonds. The first-order chi connectivity index (χ1) is 10.0. The van der Waals surface area contributed by atoms with Gasteiger partial charge < -0.3 is 19.1 Å². The molecule has 2 rings (SSSR count). The summed E-state index contributed by atoms with van der Waals surface area (Å²) in [5, 5.41) is 0. The lowest BCUT2D eigenvalue weighted by atomic mass is 9.91. The Morgan fingerprint density at radius 2 is 2.00 bits per heavy atom. The maximum Gasteiger partial charge on any atom is 0.337 e. The van der Waals surface area contributed by atoms with Gasteiger partial charge in [-0.3, -0.25) is 4.79 Å². The maximum atomic E-state index is 12.6. The molecule has 0 bridgehead atoms. The molecule has 0 saturated carbocycles. The number of hydrogen-bond donors (Lipinski definition) is 0. The van der Waals surface area contributed by atoms with Crippen molar-refractivity contribution in [1.29, 1.82) is 0 Å². The van der Waals surface area contributed by atoms with Gasteiger partial charge in [-0.25, -0.2) is 4.79 Å². The van der Waals surface area contributed by atoms with Crippen molar-refractivity contribution in [2.24, 2.45) is 0 Å². The summed E-state index contributed by atoms with van der Waals surface area (Å²) in [5.41, 5.74) is 0.729. The van der Waals surface area contributed by atoms with Crippen molar-refractivity contribution in [1.82, 2.24) is 0 Å². The molecule has 0 aromatic heterocycles. The van der Waals surface area contributed by atoms with E-state index in [-0.39, 0.29) is 5.91 Å². The van der Waals surface area contributed by atoms with Gasteiger partial charge in [-0.15, -0.1) is 0 Å². The summed E-state index contributed by atoms with van der Waals surface area (Å²) in [7, 11) is 6.07. The molecule has 1 aliphatic heterocycles. The zero-order valence-electron chi connectivity index (χ0n) is 12.6. The Balaban J connectivity index is 2.51. The Morgan fingerprint density at radius 1 is 1.29 bits per heavy atom. The third-order valence-electron chi connectivity index (χ3n) is 3.87. The van der Waals surface area contributed by atoms with Gasteiger partial charge in [-0.1, -0.05) is 6.07 Å². The third-order valence-corrected chi connectivity index (χ3v) is 3.87. The van der Waals surface area contributed by atoms with E-state index in [0.29, 0.717) is 24.3 Å². The first kappa shape index (κ1) is 15.5. The van der Waals surface area contributed by atoms with Crippen molar-refractivity contribution >= 4 is 17.6 Å². The lowest BCUT2D eigenvalue weighted by Crippen LogP contribution is -2.41. The van der Waals surface area contributed by atoms with Gasteiger partial charge in [0.1, 0.15) is 0 Å². The van der Waals surface area contributed by atoms with Crippen LogP contribution in [0.1, 0.15) is 22.3 Å². The van der Waals surface area contributed by atoms with Crippen molar-refractivity contribution in [3.63, 3.8) is 0 Å². The number of likely N-dealkylation sites (N-methyl/N-ethyl adjacent to an activating group) is 1. The molecule has 1 atom stereocenters. The number of amides is 1. The van der Waals surface area contributed by atoms with E-state index in [1.165, 1.54) is 19.1 Å². The number of fused-ring (bicyclic) bond motifs is 1. The van der Waals surface area contributed by atoms with Crippen molar-refractivity contribution in [3.8, 4) is 0 Å². The van der Waals surface area contributed by atoms with Crippen LogP contribution in [-0.2, 0) is 24.6 Å². The topological polar surface area (TPSA) is 65.1 Å². The van der Waals surface area contributed by atoms with Crippen molar-refractivity contribution < 1.29 is 23.8 Å². The molecule has 0 fully saturated rings. The first-order valence-electron chi connectivity index (χ1n) is 6.57. The minimum atomic E-state index is -1.06. The molecule has 0 aliphatic carbocycles. The van der Waals surface area contributed by atoms with Crippen molar-refractivity contribution in [2.45, 2.75) is 12.0 Å². The highest BCUT2D eigenvalue weighted by Crippen LogP contribution is 2.44. The molecule has 0 N–H and O–H groups in total. The Labute approximate surface area is 123 Å². The molecule has 1 aliphatic rings. The number of carbonyl (C=O) groups is 2. The summed E-state index contributed by atoms with van der Waals surface area (Å²) in [5.74, 6) is -0.607. The van der Waals surface area contributed by atoms with E-state index in [1.54, 1.807) is 32.4 Å². The van der Waals surface area contributed by atoms with Gasteiger partial charge in [0, 0.05) is 39.9 Å². The monoisotopic (exact) mass is 293 g/mol. The summed E-state index contributed by atoms with van der Waals surface area (Å²) in [6.07, 6.45) is 0.410. The van der Waals surface area contributed by atoms with E-state index in [9.17, 15) is 9.59 Å². The van der Waals surface area contributed by atoms with Crippen LogP contribution < -0.4 is 4.90 Å². The van der Waals surface area contributed by atoms with E-state index in [2.05, 4.69) is 0 Å². The second kappa shape index (κ2) is 5.83. The van der Waals surface area contributed by atoms with Crippen LogP contribution >= 0.6 is 0 Å². The van der Waals surface area contributed by atoms with E-state index >= 15 is 0 Å². The lowest BCUT2D eigenvalue weighted by Gasteiger charge is -2.26. The predicted octanol–water partition coefficient (Wildman–Crippen LogP) is 1.33. The number of esters is 1. The molecule has 6 heteroatoms. The highest BCUT2D eigenvalue weighted by atomic mass is 16.5. The summed E-state index contributed by atoms with van der Waals surface area (Å²) in [4.78, 5) is 25.7. The number of hydrogen-bond acceptors (Lipinski definition) is 5. The molecule has 1 aromatic rings. The maximum absolute atomic E-state index is 12.6. The minimum Gasteiger partial charge on any atom is -0.465 e. The molecule has 1 aromatic carbocycles. The summed E-state index contributed by atoms with van der Waals surface area (Å²) >= 11 is 0. The molecule has 114 valence electrons. The summed E-state index contributed by atoms with van der Waals surface area (Å²) in [6.45, 7) is 0.394. The van der Waals surface area contributed by atoms with Gasteiger partial charge in [-0.05, 0) is 12.1 Å². The van der Waals surface area contributed by atoms with Gasteiger partial charge in [0.25, 0.3) is 5.91 Å². The molecule has 21 heavy (non-hydrogen) atoms. The average molecular weight is 293 g/mol. The molecule has 0 saturated heterocycles. The van der Waals surface area contributed by atoms with E-state index < -0.39 is 11.6 Å². The Bertz CT molecular complexity index is 571. The number of ether oxygens (including phenoxy) is 3. The van der Waals surface area contributed by atoms with Crippen LogP contribution in [0.15, 0.2) is 18.2 Å². The number of nitrogens with zero attached hydrogens (tertiary/aromatic N) is 1. The molecule has 0 spiro atoms. The lowest BCUT2D eigenvalue weighted by molar-refractivity contribution is -0.141. The number of methoxy groups -OCH3 is 3. The standard InChI is InChI=1S/C15H19NO5/c1-16-12-9-10(13(17)20-3)5-6-11(12)15(21-4,14(16)18)7-8-19-2/h5-6,9H,7-8H2,1-4H3. The molecule has 1 heterocycles. The van der Waals surface area contributed by atoms with Crippen LogP contribution in [0.2, 0.25) is 0 Å². The molecular weight excluding hydrogens is 274 g/mol. The van der Waals surface area contributed by atoms with Crippen molar-refractivity contribution in [2.75, 3.05) is 39.9 Å². The van der Waals surface area contributed by atoms with E-state index in [0.717, 1.165) is 5.56 Å². The Morgan fingerprint density at radius 3 is 2.57 bits per heavy atom. The quantitative estimate of drug-likeness (QED) is 0.766. The Kier molecular flexibility index (Phi) is 4.29. The number of rotatable bonds is 5. The molecule has 1 unspecified atom stereocenters. The zero-order chi connectivity index (χ0) is 15.6. The Hall–Kier alpha value is -1.92. The van der Waals surface area contributed by atoms with Gasteiger partial charge >= 0.3 is 5.97 Å². The van der Waals surface area contributed by atoms with Gasteiger partial charge in [0.2, 0.25) is 0 Å². The van der Waals surface area contributed by atoms with E-state index in [4.69, 9.17) is 14.2 Å². The fourth-order valence-corrected chi connectivity index (χ4v) is 2.68. The zero-order valence-corrected chi connectivity index (χ0v) is 12.6. The van der Waals surface area contributed by atoms with E-state index in [1.807, 2.05) is 0 Å². The predicted molar refractivity (Wildman–Crippen MR) is 76.4 cm³/mol. The van der Waals surface area contributed by atoms with Crippen LogP contribution in [0.5, 0.6) is 0 Å². The van der Waals surface area contributed by atoms with Gasteiger partial charge in [-0.2, -0.15) is 0 Å². The highest BCUT2D eigenvalue weighted by molar-refractivity contribution is 6.07. The van der Waals surface area contributed by atoms with Gasteiger partial charge in [0.15, 0.2) is 5.60 Å². The second-order valence-electron chi connectivity index (χ2n) is 4.86. The van der Waals surface area contributed by atoms with Gasteiger partial charge in [0.05, 0.1) is 18.4 Å². The number of carbonyl (C=O) groups excluding carboxylic acids is 2. The highest BCUT2D eigenvalue weighted by Gasteiger charge is 2.50. The van der Waals surface area contributed by atoms with Crippen LogP contribution in [0.25, 0.3) is 0 Å². The summed E-state index contributed by atoms with van der Waals surface area (Å²) in [6, 6.07) is 5.02. The van der Waals surface area contributed by atoms with Crippen LogP contribution in [0, 0.1) is 0 Å². The van der Waals surface area contributed by atoms with Crippen LogP contribution in [0.4, 0.5) is 5.69 Å². The third kappa shape index (κ3) is 2.30. The molecule has 6 nitrogen and oxygen atoms in total. The number of benzene rings is 1. The average Bonchev–Trinajstić information content (AvgIpc) is 2.73. The summed E-state index contributed by atoms with van der Waals surface area (Å²) < 4.78 is 15.3. The fourth-order valence-electron chi connectivity index (χ4n) is 2.68. The smallest absolute Gasteiger partial charge is 0.337 e. The van der Waals surface area contributed by atoms with Crippen LogP contribution in [-0.4, -0.2) is 46.9 Å². The normalized spacial score (nSPS) is 20.6. The second-order valence-corrected chi connectivity index (χ2v) is 4.86. The molecular formula is C15H19NO5. The van der Waals surface area contributed by atoms with Crippen LogP contribution in [0.3, 0.4) is 0 Å². The number of anilines is 1. The van der Waals surface area contributed by atoms with Crippen molar-refractivity contribution in [3.05, 3.63) is 29.3 Å². The first-order valence-corrected chi connectivity index (χ1v) is 6.57. The largest absolute Gasteiger partial charge is 0.465 e. The minimum absolute atomic E-state index is 0.168. The fraction of sp³-hybridized carbons (Fsp3) is 0.467. The SMILES string of the molecule is COCCC1(OC)C(=O)N(C)c2cc(C(=O)OC)ccc21.